The third kappa shape index (κ3) is 9.43. The topological polar surface area (TPSA) is 44.8 Å². The second-order valence-corrected chi connectivity index (χ2v) is 3.05. The fourth-order valence-corrected chi connectivity index (χ4v) is 0.867. The Bertz CT molecular complexity index is 179. The SMILES string of the molecule is C=CC(=O)OC(C)OCCOCCCC. The number of hydrogen-bond donors (Lipinski definition) is 0. The van der Waals surface area contributed by atoms with Crippen LogP contribution in [0.4, 0.5) is 0 Å². The number of unbranched alkanes of at least 4 members (excludes halogenated alkanes) is 1. The van der Waals surface area contributed by atoms with Crippen LogP contribution in [0.3, 0.4) is 0 Å². The van der Waals surface area contributed by atoms with Crippen molar-refractivity contribution in [2.24, 2.45) is 0 Å². The fraction of sp³-hybridized carbons (Fsp3) is 0.727. The first-order valence-corrected chi connectivity index (χ1v) is 5.23. The Balaban J connectivity index is 3.27. The summed E-state index contributed by atoms with van der Waals surface area (Å²) in [6.45, 7) is 8.76. The predicted octanol–water partition coefficient (Wildman–Crippen LogP) is 1.89. The average Bonchev–Trinajstić information content (AvgIpc) is 2.23. The lowest BCUT2D eigenvalue weighted by Crippen LogP contribution is -2.19. The zero-order chi connectivity index (χ0) is 11.5. The van der Waals surface area contributed by atoms with Gasteiger partial charge in [0.2, 0.25) is 6.29 Å². The zero-order valence-corrected chi connectivity index (χ0v) is 9.53. The summed E-state index contributed by atoms with van der Waals surface area (Å²) in [5.41, 5.74) is 0. The van der Waals surface area contributed by atoms with E-state index in [1.165, 1.54) is 0 Å². The fourth-order valence-electron chi connectivity index (χ4n) is 0.867. The maximum atomic E-state index is 10.7. The molecule has 88 valence electrons. The van der Waals surface area contributed by atoms with Gasteiger partial charge in [0.25, 0.3) is 0 Å². The highest BCUT2D eigenvalue weighted by atomic mass is 16.7. The van der Waals surface area contributed by atoms with Gasteiger partial charge in [-0.25, -0.2) is 4.79 Å². The van der Waals surface area contributed by atoms with E-state index >= 15 is 0 Å². The third-order valence-corrected chi connectivity index (χ3v) is 1.67. The van der Waals surface area contributed by atoms with Crippen LogP contribution < -0.4 is 0 Å². The number of rotatable bonds is 9. The first-order chi connectivity index (χ1) is 7.20. The van der Waals surface area contributed by atoms with Gasteiger partial charge in [-0.1, -0.05) is 19.9 Å². The minimum Gasteiger partial charge on any atom is -0.433 e. The Hall–Kier alpha value is -0.870. The quantitative estimate of drug-likeness (QED) is 0.255. The van der Waals surface area contributed by atoms with Crippen molar-refractivity contribution >= 4 is 5.97 Å². The van der Waals surface area contributed by atoms with Crippen LogP contribution in [-0.2, 0) is 19.0 Å². The Morgan fingerprint density at radius 1 is 1.40 bits per heavy atom. The van der Waals surface area contributed by atoms with Crippen molar-refractivity contribution in [1.29, 1.82) is 0 Å². The second kappa shape index (κ2) is 9.68. The van der Waals surface area contributed by atoms with Gasteiger partial charge in [0.05, 0.1) is 13.2 Å². The molecule has 0 saturated carbocycles. The van der Waals surface area contributed by atoms with Crippen LogP contribution in [0.5, 0.6) is 0 Å². The molecule has 0 aliphatic rings. The molecule has 0 saturated heterocycles. The van der Waals surface area contributed by atoms with Crippen LogP contribution in [0.1, 0.15) is 26.7 Å². The molecule has 15 heavy (non-hydrogen) atoms. The van der Waals surface area contributed by atoms with Crippen molar-refractivity contribution in [2.45, 2.75) is 33.0 Å². The van der Waals surface area contributed by atoms with E-state index in [1.54, 1.807) is 6.92 Å². The normalized spacial score (nSPS) is 12.1. The maximum Gasteiger partial charge on any atom is 0.332 e. The van der Waals surface area contributed by atoms with Crippen LogP contribution in [0.25, 0.3) is 0 Å². The minimum atomic E-state index is -0.551. The number of esters is 1. The van der Waals surface area contributed by atoms with Gasteiger partial charge < -0.3 is 14.2 Å². The van der Waals surface area contributed by atoms with Gasteiger partial charge in [0, 0.05) is 12.7 Å². The summed E-state index contributed by atoms with van der Waals surface area (Å²) < 4.78 is 15.2. The van der Waals surface area contributed by atoms with Gasteiger partial charge in [-0.05, 0) is 13.3 Å². The summed E-state index contributed by atoms with van der Waals surface area (Å²) >= 11 is 0. The highest BCUT2D eigenvalue weighted by Crippen LogP contribution is 1.95. The molecular formula is C11H20O4. The van der Waals surface area contributed by atoms with E-state index in [0.29, 0.717) is 13.2 Å². The van der Waals surface area contributed by atoms with E-state index in [0.717, 1.165) is 25.5 Å². The van der Waals surface area contributed by atoms with E-state index in [9.17, 15) is 4.79 Å². The molecule has 4 heteroatoms. The molecule has 0 aromatic rings. The molecule has 0 radical (unpaired) electrons. The number of carbonyl (C=O) groups is 1. The van der Waals surface area contributed by atoms with E-state index in [1.807, 2.05) is 0 Å². The van der Waals surface area contributed by atoms with E-state index < -0.39 is 12.3 Å². The van der Waals surface area contributed by atoms with Crippen molar-refractivity contribution in [1.82, 2.24) is 0 Å². The van der Waals surface area contributed by atoms with Gasteiger partial charge >= 0.3 is 5.97 Å². The third-order valence-electron chi connectivity index (χ3n) is 1.67. The van der Waals surface area contributed by atoms with Gasteiger partial charge in [-0.3, -0.25) is 0 Å². The smallest absolute Gasteiger partial charge is 0.332 e. The summed E-state index contributed by atoms with van der Waals surface area (Å²) in [7, 11) is 0. The Kier molecular flexibility index (Phi) is 9.11. The van der Waals surface area contributed by atoms with Gasteiger partial charge in [0.1, 0.15) is 0 Å². The molecule has 0 heterocycles. The molecule has 0 rings (SSSR count). The lowest BCUT2D eigenvalue weighted by molar-refractivity contribution is -0.171. The summed E-state index contributed by atoms with van der Waals surface area (Å²) in [5, 5.41) is 0. The van der Waals surface area contributed by atoms with Crippen LogP contribution in [0, 0.1) is 0 Å². The van der Waals surface area contributed by atoms with Crippen molar-refractivity contribution in [3.63, 3.8) is 0 Å². The Morgan fingerprint density at radius 2 is 2.13 bits per heavy atom. The molecule has 1 atom stereocenters. The molecule has 0 fully saturated rings. The van der Waals surface area contributed by atoms with Crippen LogP contribution in [-0.4, -0.2) is 32.1 Å². The van der Waals surface area contributed by atoms with Gasteiger partial charge in [0.15, 0.2) is 0 Å². The summed E-state index contributed by atoms with van der Waals surface area (Å²) in [5.74, 6) is -0.477. The molecule has 0 aliphatic heterocycles. The zero-order valence-electron chi connectivity index (χ0n) is 9.53. The van der Waals surface area contributed by atoms with E-state index in [4.69, 9.17) is 14.2 Å². The number of carbonyl (C=O) groups excluding carboxylic acids is 1. The summed E-state index contributed by atoms with van der Waals surface area (Å²) in [6, 6.07) is 0. The lowest BCUT2D eigenvalue weighted by atomic mass is 10.4. The second-order valence-electron chi connectivity index (χ2n) is 3.05. The molecule has 0 aromatic heterocycles. The highest BCUT2D eigenvalue weighted by Gasteiger charge is 2.05. The standard InChI is InChI=1S/C11H20O4/c1-4-6-7-13-8-9-14-10(3)15-11(12)5-2/h5,10H,2,4,6-9H2,1,3H3. The molecule has 0 aromatic carbocycles. The maximum absolute atomic E-state index is 10.7. The molecule has 0 aliphatic carbocycles. The van der Waals surface area contributed by atoms with E-state index in [2.05, 4.69) is 13.5 Å². The predicted molar refractivity (Wildman–Crippen MR) is 57.4 cm³/mol. The highest BCUT2D eigenvalue weighted by molar-refractivity contribution is 5.81. The van der Waals surface area contributed by atoms with E-state index in [-0.39, 0.29) is 0 Å². The molecule has 0 spiro atoms. The molecule has 0 bridgehead atoms. The van der Waals surface area contributed by atoms with Crippen molar-refractivity contribution < 1.29 is 19.0 Å². The monoisotopic (exact) mass is 216 g/mol. The van der Waals surface area contributed by atoms with Crippen molar-refractivity contribution in [3.8, 4) is 0 Å². The Labute approximate surface area is 91.2 Å². The number of hydrogen-bond acceptors (Lipinski definition) is 4. The molecular weight excluding hydrogens is 196 g/mol. The Morgan fingerprint density at radius 3 is 2.73 bits per heavy atom. The molecule has 4 nitrogen and oxygen atoms in total. The minimum absolute atomic E-state index is 0.426. The van der Waals surface area contributed by atoms with Crippen molar-refractivity contribution in [3.05, 3.63) is 12.7 Å². The first kappa shape index (κ1) is 14.1. The lowest BCUT2D eigenvalue weighted by Gasteiger charge is -2.12. The van der Waals surface area contributed by atoms with Gasteiger partial charge in [-0.15, -0.1) is 0 Å². The summed E-state index contributed by atoms with van der Waals surface area (Å²) in [4.78, 5) is 10.7. The largest absolute Gasteiger partial charge is 0.433 e. The first-order valence-electron chi connectivity index (χ1n) is 5.23. The number of ether oxygens (including phenoxy) is 3. The molecule has 0 amide bonds. The summed E-state index contributed by atoms with van der Waals surface area (Å²) in [6.07, 6.45) is 2.73. The van der Waals surface area contributed by atoms with Crippen LogP contribution >= 0.6 is 0 Å². The average molecular weight is 216 g/mol. The molecule has 1 unspecified atom stereocenters. The van der Waals surface area contributed by atoms with Crippen molar-refractivity contribution in [2.75, 3.05) is 19.8 Å². The van der Waals surface area contributed by atoms with Crippen LogP contribution in [0.15, 0.2) is 12.7 Å². The molecule has 0 N–H and O–H groups in total. The van der Waals surface area contributed by atoms with Gasteiger partial charge in [-0.2, -0.15) is 0 Å². The van der Waals surface area contributed by atoms with Crippen LogP contribution in [0.2, 0.25) is 0 Å².